The van der Waals surface area contributed by atoms with E-state index in [2.05, 4.69) is 15.0 Å². The molecule has 0 unspecified atom stereocenters. The van der Waals surface area contributed by atoms with E-state index in [9.17, 15) is 13.2 Å². The molecule has 106 valence electrons. The highest BCUT2D eigenvalue weighted by atomic mass is 32.2. The smallest absolute Gasteiger partial charge is 0.244 e. The van der Waals surface area contributed by atoms with Crippen LogP contribution in [-0.4, -0.2) is 31.4 Å². The van der Waals surface area contributed by atoms with E-state index in [-0.39, 0.29) is 17.1 Å². The van der Waals surface area contributed by atoms with Crippen molar-refractivity contribution in [2.75, 3.05) is 12.3 Å². The van der Waals surface area contributed by atoms with Gasteiger partial charge in [-0.25, -0.2) is 13.1 Å². The van der Waals surface area contributed by atoms with Crippen LogP contribution in [0.1, 0.15) is 20.8 Å². The zero-order valence-electron chi connectivity index (χ0n) is 11.1. The molecule has 0 atom stereocenters. The maximum Gasteiger partial charge on any atom is 0.244 e. The highest BCUT2D eigenvalue weighted by Crippen LogP contribution is 2.14. The van der Waals surface area contributed by atoms with Crippen LogP contribution in [0.15, 0.2) is 23.4 Å². The van der Waals surface area contributed by atoms with Crippen LogP contribution >= 0.6 is 0 Å². The van der Waals surface area contributed by atoms with Crippen molar-refractivity contribution in [3.63, 3.8) is 0 Å². The molecule has 1 amide bonds. The standard InChI is InChI=1S/C11H18N4O3S/c1-11(2,3)15-10(16)7-14-19(17,18)9-6-13-5-4-8(9)12/h4-6,14H,7H2,1-3H3,(H2,12,13)(H,15,16). The lowest BCUT2D eigenvalue weighted by Crippen LogP contribution is -2.45. The summed E-state index contributed by atoms with van der Waals surface area (Å²) in [6.07, 6.45) is 2.53. The molecule has 4 N–H and O–H groups in total. The molecule has 0 saturated carbocycles. The third-order valence-electron chi connectivity index (χ3n) is 2.04. The fourth-order valence-corrected chi connectivity index (χ4v) is 2.37. The number of hydrogen-bond donors (Lipinski definition) is 3. The number of amides is 1. The van der Waals surface area contributed by atoms with E-state index >= 15 is 0 Å². The van der Waals surface area contributed by atoms with Gasteiger partial charge in [0.15, 0.2) is 0 Å². The second-order valence-electron chi connectivity index (χ2n) is 5.04. The second-order valence-corrected chi connectivity index (χ2v) is 6.77. The Bertz CT molecular complexity index is 564. The van der Waals surface area contributed by atoms with Gasteiger partial charge in [-0.3, -0.25) is 9.78 Å². The van der Waals surface area contributed by atoms with Gasteiger partial charge in [-0.2, -0.15) is 0 Å². The van der Waals surface area contributed by atoms with Crippen LogP contribution in [0.25, 0.3) is 0 Å². The van der Waals surface area contributed by atoms with Crippen molar-refractivity contribution in [2.24, 2.45) is 0 Å². The minimum absolute atomic E-state index is 0.0822. The van der Waals surface area contributed by atoms with Gasteiger partial charge in [0.2, 0.25) is 15.9 Å². The number of aromatic nitrogens is 1. The normalized spacial score (nSPS) is 12.2. The highest BCUT2D eigenvalue weighted by molar-refractivity contribution is 7.89. The van der Waals surface area contributed by atoms with Crippen molar-refractivity contribution in [1.29, 1.82) is 0 Å². The lowest BCUT2D eigenvalue weighted by Gasteiger charge is -2.20. The fourth-order valence-electron chi connectivity index (χ4n) is 1.32. The van der Waals surface area contributed by atoms with E-state index < -0.39 is 21.5 Å². The summed E-state index contributed by atoms with van der Waals surface area (Å²) in [7, 11) is -3.84. The van der Waals surface area contributed by atoms with Crippen molar-refractivity contribution >= 4 is 21.6 Å². The van der Waals surface area contributed by atoms with E-state index in [1.807, 2.05) is 0 Å². The minimum atomic E-state index is -3.84. The number of anilines is 1. The number of carbonyl (C=O) groups excluding carboxylic acids is 1. The molecule has 0 spiro atoms. The summed E-state index contributed by atoms with van der Waals surface area (Å²) in [6.45, 7) is 5.06. The molecule has 0 aliphatic heterocycles. The number of nitrogens with one attached hydrogen (secondary N) is 2. The van der Waals surface area contributed by atoms with Gasteiger partial charge in [-0.05, 0) is 26.8 Å². The summed E-state index contributed by atoms with van der Waals surface area (Å²) in [5.74, 6) is -0.418. The minimum Gasteiger partial charge on any atom is -0.398 e. The molecule has 0 aliphatic carbocycles. The zero-order valence-corrected chi connectivity index (χ0v) is 11.9. The Morgan fingerprint density at radius 3 is 2.58 bits per heavy atom. The Hall–Kier alpha value is -1.67. The highest BCUT2D eigenvalue weighted by Gasteiger charge is 2.20. The van der Waals surface area contributed by atoms with Gasteiger partial charge >= 0.3 is 0 Å². The molecular formula is C11H18N4O3S. The number of nitrogens with two attached hydrogens (primary N) is 1. The molecule has 1 rings (SSSR count). The predicted octanol–water partition coefficient (Wildman–Crippen LogP) is -0.143. The third-order valence-corrected chi connectivity index (χ3v) is 3.49. The van der Waals surface area contributed by atoms with E-state index in [1.54, 1.807) is 20.8 Å². The molecule has 0 saturated heterocycles. The van der Waals surface area contributed by atoms with Gasteiger partial charge in [-0.1, -0.05) is 0 Å². The summed E-state index contributed by atoms with van der Waals surface area (Å²) in [6, 6.07) is 1.38. The Morgan fingerprint density at radius 2 is 2.05 bits per heavy atom. The first kappa shape index (κ1) is 15.4. The molecule has 1 heterocycles. The molecule has 0 bridgehead atoms. The molecule has 19 heavy (non-hydrogen) atoms. The number of rotatable bonds is 4. The molecule has 0 radical (unpaired) electrons. The van der Waals surface area contributed by atoms with Crippen LogP contribution in [0.4, 0.5) is 5.69 Å². The van der Waals surface area contributed by atoms with Gasteiger partial charge in [-0.15, -0.1) is 0 Å². The first-order valence-corrected chi connectivity index (χ1v) is 7.10. The van der Waals surface area contributed by atoms with Crippen LogP contribution < -0.4 is 15.8 Å². The molecule has 8 heteroatoms. The summed E-state index contributed by atoms with van der Waals surface area (Å²) in [4.78, 5) is 15.1. The first-order chi connectivity index (χ1) is 8.62. The van der Waals surface area contributed by atoms with Crippen molar-refractivity contribution in [3.05, 3.63) is 18.5 Å². The monoisotopic (exact) mass is 286 g/mol. The Labute approximate surface area is 112 Å². The lowest BCUT2D eigenvalue weighted by atomic mass is 10.1. The van der Waals surface area contributed by atoms with Gasteiger partial charge in [0, 0.05) is 17.9 Å². The third kappa shape index (κ3) is 4.84. The average Bonchev–Trinajstić information content (AvgIpc) is 2.24. The quantitative estimate of drug-likeness (QED) is 0.712. The van der Waals surface area contributed by atoms with E-state index in [1.165, 1.54) is 12.3 Å². The van der Waals surface area contributed by atoms with Gasteiger partial charge in [0.1, 0.15) is 4.90 Å². The maximum absolute atomic E-state index is 11.9. The largest absolute Gasteiger partial charge is 0.398 e. The van der Waals surface area contributed by atoms with Crippen molar-refractivity contribution < 1.29 is 13.2 Å². The maximum atomic E-state index is 11.9. The number of nitrogens with zero attached hydrogens (tertiary/aromatic N) is 1. The number of nitrogen functional groups attached to an aromatic ring is 1. The van der Waals surface area contributed by atoms with Crippen molar-refractivity contribution in [2.45, 2.75) is 31.2 Å². The summed E-state index contributed by atoms with van der Waals surface area (Å²) in [5, 5.41) is 2.65. The molecule has 1 aromatic rings. The van der Waals surface area contributed by atoms with E-state index in [0.717, 1.165) is 6.20 Å². The number of pyridine rings is 1. The molecule has 1 aromatic heterocycles. The molecule has 0 aliphatic rings. The molecule has 0 aromatic carbocycles. The molecule has 7 nitrogen and oxygen atoms in total. The Kier molecular flexibility index (Phi) is 4.48. The van der Waals surface area contributed by atoms with Crippen molar-refractivity contribution in [1.82, 2.24) is 15.0 Å². The SMILES string of the molecule is CC(C)(C)NC(=O)CNS(=O)(=O)c1cnccc1N. The summed E-state index contributed by atoms with van der Waals surface area (Å²) < 4.78 is 26.0. The lowest BCUT2D eigenvalue weighted by molar-refractivity contribution is -0.121. The predicted molar refractivity (Wildman–Crippen MR) is 71.7 cm³/mol. The summed E-state index contributed by atoms with van der Waals surface area (Å²) in [5.41, 5.74) is 5.22. The second kappa shape index (κ2) is 5.54. The van der Waals surface area contributed by atoms with Crippen LogP contribution in [-0.2, 0) is 14.8 Å². The summed E-state index contributed by atoms with van der Waals surface area (Å²) >= 11 is 0. The van der Waals surface area contributed by atoms with Gasteiger partial charge in [0.05, 0.1) is 12.2 Å². The molecular weight excluding hydrogens is 268 g/mol. The van der Waals surface area contributed by atoms with Crippen LogP contribution in [0.3, 0.4) is 0 Å². The number of carbonyl (C=O) groups is 1. The van der Waals surface area contributed by atoms with E-state index in [4.69, 9.17) is 5.73 Å². The van der Waals surface area contributed by atoms with Crippen LogP contribution in [0.2, 0.25) is 0 Å². The Morgan fingerprint density at radius 1 is 1.42 bits per heavy atom. The number of hydrogen-bond acceptors (Lipinski definition) is 5. The van der Waals surface area contributed by atoms with Gasteiger partial charge in [0.25, 0.3) is 0 Å². The Balaban J connectivity index is 2.72. The topological polar surface area (TPSA) is 114 Å². The van der Waals surface area contributed by atoms with E-state index in [0.29, 0.717) is 0 Å². The fraction of sp³-hybridized carbons (Fsp3) is 0.455. The molecule has 0 fully saturated rings. The average molecular weight is 286 g/mol. The van der Waals surface area contributed by atoms with Crippen LogP contribution in [0.5, 0.6) is 0 Å². The zero-order chi connectivity index (χ0) is 14.7. The van der Waals surface area contributed by atoms with Crippen LogP contribution in [0, 0.1) is 0 Å². The number of sulfonamides is 1. The van der Waals surface area contributed by atoms with Gasteiger partial charge < -0.3 is 11.1 Å². The first-order valence-electron chi connectivity index (χ1n) is 5.62. The van der Waals surface area contributed by atoms with Crippen molar-refractivity contribution in [3.8, 4) is 0 Å².